The number of nitrogens with zero attached hydrogens (tertiary/aromatic N) is 1. The second-order valence-electron chi connectivity index (χ2n) is 7.76. The number of benzene rings is 5. The Kier molecular flexibility index (Phi) is 6.17. The molecule has 0 N–H and O–H groups in total. The first-order valence-corrected chi connectivity index (χ1v) is 11.5. The fourth-order valence-electron chi connectivity index (χ4n) is 3.97. The maximum Gasteiger partial charge on any atom is 0.0540 e. The minimum absolute atomic E-state index is 0.669. The van der Waals surface area contributed by atoms with E-state index in [4.69, 9.17) is 23.2 Å². The third-order valence-electron chi connectivity index (χ3n) is 5.59. The summed E-state index contributed by atoms with van der Waals surface area (Å²) in [5.74, 6) is 0. The van der Waals surface area contributed by atoms with Crippen LogP contribution in [0.15, 0.2) is 115 Å². The van der Waals surface area contributed by atoms with Gasteiger partial charge in [-0.1, -0.05) is 102 Å². The second-order valence-corrected chi connectivity index (χ2v) is 8.60. The van der Waals surface area contributed by atoms with E-state index in [0.29, 0.717) is 10.0 Å². The average molecular weight is 466 g/mol. The number of hydrogen-bond acceptors (Lipinski definition) is 1. The molecule has 5 rings (SSSR count). The van der Waals surface area contributed by atoms with Crippen molar-refractivity contribution >= 4 is 63.2 Å². The quantitative estimate of drug-likeness (QED) is 0.233. The molecule has 0 amide bonds. The van der Waals surface area contributed by atoms with Crippen molar-refractivity contribution in [1.82, 2.24) is 0 Å². The van der Waals surface area contributed by atoms with Crippen molar-refractivity contribution in [2.45, 2.75) is 0 Å². The molecular weight excluding hydrogens is 445 g/mol. The van der Waals surface area contributed by atoms with E-state index in [1.54, 1.807) is 6.07 Å². The molecule has 0 aliphatic rings. The number of anilines is 3. The predicted octanol–water partition coefficient (Wildman–Crippen LogP) is 9.79. The van der Waals surface area contributed by atoms with Crippen LogP contribution in [0, 0.1) is 0 Å². The summed E-state index contributed by atoms with van der Waals surface area (Å²) >= 11 is 12.4. The lowest BCUT2D eigenvalue weighted by molar-refractivity contribution is 1.30. The fourth-order valence-corrected chi connectivity index (χ4v) is 4.33. The molecule has 33 heavy (non-hydrogen) atoms. The normalized spacial score (nSPS) is 11.2. The van der Waals surface area contributed by atoms with Crippen LogP contribution in [0.4, 0.5) is 17.1 Å². The molecule has 0 fully saturated rings. The van der Waals surface area contributed by atoms with Gasteiger partial charge in [-0.25, -0.2) is 0 Å². The van der Waals surface area contributed by atoms with Gasteiger partial charge < -0.3 is 4.90 Å². The summed E-state index contributed by atoms with van der Waals surface area (Å²) in [4.78, 5) is 2.30. The highest BCUT2D eigenvalue weighted by Gasteiger charge is 2.14. The van der Waals surface area contributed by atoms with Crippen LogP contribution < -0.4 is 4.90 Å². The minimum Gasteiger partial charge on any atom is -0.310 e. The van der Waals surface area contributed by atoms with Crippen molar-refractivity contribution < 1.29 is 0 Å². The van der Waals surface area contributed by atoms with Gasteiger partial charge in [0.15, 0.2) is 0 Å². The summed E-state index contributed by atoms with van der Waals surface area (Å²) in [6, 6.07) is 39.4. The maximum atomic E-state index is 6.30. The van der Waals surface area contributed by atoms with E-state index in [2.05, 4.69) is 95.9 Å². The van der Waals surface area contributed by atoms with Crippen LogP contribution in [-0.4, -0.2) is 0 Å². The predicted molar refractivity (Wildman–Crippen MR) is 144 cm³/mol. The number of halogens is 2. The summed E-state index contributed by atoms with van der Waals surface area (Å²) in [5.41, 5.74) is 5.34. The zero-order chi connectivity index (χ0) is 22.6. The van der Waals surface area contributed by atoms with Crippen molar-refractivity contribution in [3.8, 4) is 0 Å². The van der Waals surface area contributed by atoms with Gasteiger partial charge >= 0.3 is 0 Å². The third kappa shape index (κ3) is 4.66. The molecule has 3 heteroatoms. The molecule has 0 aliphatic heterocycles. The van der Waals surface area contributed by atoms with Crippen molar-refractivity contribution in [2.75, 3.05) is 4.90 Å². The second kappa shape index (κ2) is 9.54. The molecule has 0 bridgehead atoms. The Hall–Kier alpha value is -3.52. The molecule has 0 saturated heterocycles. The minimum atomic E-state index is 0.669. The van der Waals surface area contributed by atoms with Gasteiger partial charge in [-0.05, 0) is 65.0 Å². The van der Waals surface area contributed by atoms with Gasteiger partial charge in [0.2, 0.25) is 0 Å². The lowest BCUT2D eigenvalue weighted by atomic mass is 10.1. The summed E-state index contributed by atoms with van der Waals surface area (Å²) in [6.45, 7) is 0. The topological polar surface area (TPSA) is 3.24 Å². The van der Waals surface area contributed by atoms with E-state index in [-0.39, 0.29) is 0 Å². The highest BCUT2D eigenvalue weighted by molar-refractivity contribution is 6.34. The first-order chi connectivity index (χ1) is 16.2. The average Bonchev–Trinajstić information content (AvgIpc) is 2.86. The SMILES string of the molecule is Clc1ccc(Cl)c(C=Cc2ccc(N(c3ccccc3)c3cccc4ccccc34)cc2)c1. The Bertz CT molecular complexity index is 1420. The third-order valence-corrected chi connectivity index (χ3v) is 6.17. The molecule has 5 aromatic carbocycles. The van der Waals surface area contributed by atoms with E-state index < -0.39 is 0 Å². The molecular formula is C30H21Cl2N. The Labute approximate surface area is 204 Å². The first-order valence-electron chi connectivity index (χ1n) is 10.8. The van der Waals surface area contributed by atoms with Gasteiger partial charge in [-0.15, -0.1) is 0 Å². The highest BCUT2D eigenvalue weighted by Crippen LogP contribution is 2.38. The lowest BCUT2D eigenvalue weighted by Crippen LogP contribution is -2.10. The highest BCUT2D eigenvalue weighted by atomic mass is 35.5. The van der Waals surface area contributed by atoms with E-state index in [0.717, 1.165) is 28.2 Å². The molecule has 0 unspecified atom stereocenters. The maximum absolute atomic E-state index is 6.30. The zero-order valence-corrected chi connectivity index (χ0v) is 19.3. The summed E-state index contributed by atoms with van der Waals surface area (Å²) in [5, 5.41) is 3.78. The largest absolute Gasteiger partial charge is 0.310 e. The first kappa shape index (κ1) is 21.3. The molecule has 1 nitrogen and oxygen atoms in total. The molecule has 0 heterocycles. The van der Waals surface area contributed by atoms with E-state index >= 15 is 0 Å². The van der Waals surface area contributed by atoms with Crippen LogP contribution in [-0.2, 0) is 0 Å². The molecule has 0 atom stereocenters. The van der Waals surface area contributed by atoms with Gasteiger partial charge in [-0.2, -0.15) is 0 Å². The van der Waals surface area contributed by atoms with Crippen LogP contribution in [0.1, 0.15) is 11.1 Å². The van der Waals surface area contributed by atoms with Crippen LogP contribution in [0.3, 0.4) is 0 Å². The molecule has 0 radical (unpaired) electrons. The van der Waals surface area contributed by atoms with Crippen LogP contribution in [0.2, 0.25) is 10.0 Å². The van der Waals surface area contributed by atoms with Gasteiger partial charge in [0.25, 0.3) is 0 Å². The Morgan fingerprint density at radius 3 is 2.09 bits per heavy atom. The summed E-state index contributed by atoms with van der Waals surface area (Å²) in [6.07, 6.45) is 4.04. The smallest absolute Gasteiger partial charge is 0.0540 e. The van der Waals surface area contributed by atoms with Crippen molar-refractivity contribution in [3.05, 3.63) is 136 Å². The summed E-state index contributed by atoms with van der Waals surface area (Å²) < 4.78 is 0. The van der Waals surface area contributed by atoms with E-state index in [9.17, 15) is 0 Å². The molecule has 0 aromatic heterocycles. The molecule has 0 aliphatic carbocycles. The number of fused-ring (bicyclic) bond motifs is 1. The standard InChI is InChI=1S/C30H21Cl2N/c31-25-17-20-29(32)24(21-25)16-13-22-14-18-27(19-15-22)33(26-9-2-1-3-10-26)30-12-6-8-23-7-4-5-11-28(23)30/h1-21H. The van der Waals surface area contributed by atoms with Crippen LogP contribution in [0.25, 0.3) is 22.9 Å². The molecule has 0 saturated carbocycles. The number of para-hydroxylation sites is 1. The van der Waals surface area contributed by atoms with Gasteiger partial charge in [0, 0.05) is 26.8 Å². The summed E-state index contributed by atoms with van der Waals surface area (Å²) in [7, 11) is 0. The van der Waals surface area contributed by atoms with E-state index in [1.807, 2.05) is 30.4 Å². The van der Waals surface area contributed by atoms with Gasteiger partial charge in [0.05, 0.1) is 5.69 Å². The molecule has 0 spiro atoms. The Morgan fingerprint density at radius 2 is 1.27 bits per heavy atom. The Balaban J connectivity index is 1.54. The molecule has 160 valence electrons. The van der Waals surface area contributed by atoms with Gasteiger partial charge in [0.1, 0.15) is 0 Å². The Morgan fingerprint density at radius 1 is 0.576 bits per heavy atom. The van der Waals surface area contributed by atoms with Crippen molar-refractivity contribution in [1.29, 1.82) is 0 Å². The van der Waals surface area contributed by atoms with Crippen LogP contribution >= 0.6 is 23.2 Å². The van der Waals surface area contributed by atoms with E-state index in [1.165, 1.54) is 10.8 Å². The van der Waals surface area contributed by atoms with Crippen LogP contribution in [0.5, 0.6) is 0 Å². The lowest BCUT2D eigenvalue weighted by Gasteiger charge is -2.27. The number of rotatable bonds is 5. The fraction of sp³-hybridized carbons (Fsp3) is 0. The number of hydrogen-bond donors (Lipinski definition) is 0. The van der Waals surface area contributed by atoms with Crippen molar-refractivity contribution in [2.24, 2.45) is 0 Å². The molecule has 5 aromatic rings. The zero-order valence-electron chi connectivity index (χ0n) is 17.8. The monoisotopic (exact) mass is 465 g/mol. The van der Waals surface area contributed by atoms with Crippen molar-refractivity contribution in [3.63, 3.8) is 0 Å². The van der Waals surface area contributed by atoms with Gasteiger partial charge in [-0.3, -0.25) is 0 Å².